The van der Waals surface area contributed by atoms with Crippen LogP contribution in [0, 0.1) is 0 Å². The summed E-state index contributed by atoms with van der Waals surface area (Å²) in [6.07, 6.45) is 0.694. The summed E-state index contributed by atoms with van der Waals surface area (Å²) in [7, 11) is 0. The number of aromatic nitrogens is 2. The Morgan fingerprint density at radius 3 is 2.66 bits per heavy atom. The molecule has 4 rings (SSSR count). The zero-order valence-electron chi connectivity index (χ0n) is 15.6. The van der Waals surface area contributed by atoms with Gasteiger partial charge in [-0.1, -0.05) is 24.6 Å². The number of benzene rings is 2. The molecule has 0 saturated heterocycles. The third-order valence-electron chi connectivity index (χ3n) is 5.45. The number of nitrogens with zero attached hydrogens (tertiary/aromatic N) is 1. The van der Waals surface area contributed by atoms with Gasteiger partial charge >= 0.3 is 12.2 Å². The van der Waals surface area contributed by atoms with Crippen LogP contribution in [0.5, 0.6) is 0 Å². The first-order valence-electron chi connectivity index (χ1n) is 9.57. The SMILES string of the molecule is O=C(Nc1cccc2[nH]ncc12)N[C@H]1CCC[C@@H](c2ccc(C(F)(F)F)cc2)C1. The highest BCUT2D eigenvalue weighted by Crippen LogP contribution is 2.35. The van der Waals surface area contributed by atoms with E-state index in [1.807, 2.05) is 18.2 Å². The Balaban J connectivity index is 1.38. The van der Waals surface area contributed by atoms with E-state index in [0.29, 0.717) is 12.1 Å². The molecule has 3 N–H and O–H groups in total. The van der Waals surface area contributed by atoms with Crippen molar-refractivity contribution in [2.45, 2.75) is 43.8 Å². The highest BCUT2D eigenvalue weighted by atomic mass is 19.4. The Morgan fingerprint density at radius 2 is 1.90 bits per heavy atom. The molecule has 2 amide bonds. The maximum absolute atomic E-state index is 12.8. The van der Waals surface area contributed by atoms with Gasteiger partial charge < -0.3 is 10.6 Å². The Kier molecular flexibility index (Phi) is 5.17. The lowest BCUT2D eigenvalue weighted by Gasteiger charge is -2.30. The number of rotatable bonds is 3. The number of aromatic amines is 1. The Labute approximate surface area is 165 Å². The van der Waals surface area contributed by atoms with Crippen LogP contribution >= 0.6 is 0 Å². The molecule has 1 fully saturated rings. The van der Waals surface area contributed by atoms with E-state index in [4.69, 9.17) is 0 Å². The summed E-state index contributed by atoms with van der Waals surface area (Å²) in [4.78, 5) is 12.5. The van der Waals surface area contributed by atoms with E-state index in [-0.39, 0.29) is 18.0 Å². The van der Waals surface area contributed by atoms with Crippen molar-refractivity contribution in [3.05, 3.63) is 59.8 Å². The van der Waals surface area contributed by atoms with Crippen LogP contribution in [0.1, 0.15) is 42.7 Å². The second-order valence-electron chi connectivity index (χ2n) is 7.42. The van der Waals surface area contributed by atoms with Gasteiger partial charge in [-0.25, -0.2) is 4.79 Å². The molecular formula is C21H21F3N4O. The van der Waals surface area contributed by atoms with Crippen LogP contribution in [-0.2, 0) is 6.18 Å². The molecule has 1 aromatic heterocycles. The monoisotopic (exact) mass is 402 g/mol. The van der Waals surface area contributed by atoms with Crippen molar-refractivity contribution in [2.75, 3.05) is 5.32 Å². The lowest BCUT2D eigenvalue weighted by molar-refractivity contribution is -0.137. The lowest BCUT2D eigenvalue weighted by atomic mass is 9.81. The normalized spacial score (nSPS) is 19.8. The van der Waals surface area contributed by atoms with Gasteiger partial charge in [0.1, 0.15) is 0 Å². The van der Waals surface area contributed by atoms with Crippen molar-refractivity contribution in [3.63, 3.8) is 0 Å². The van der Waals surface area contributed by atoms with Gasteiger partial charge in [-0.2, -0.15) is 18.3 Å². The van der Waals surface area contributed by atoms with Crippen LogP contribution in [0.15, 0.2) is 48.7 Å². The van der Waals surface area contributed by atoms with Gasteiger partial charge in [-0.3, -0.25) is 5.10 Å². The van der Waals surface area contributed by atoms with E-state index in [1.54, 1.807) is 18.3 Å². The highest BCUT2D eigenvalue weighted by molar-refractivity contribution is 6.00. The molecule has 152 valence electrons. The van der Waals surface area contributed by atoms with E-state index in [2.05, 4.69) is 20.8 Å². The summed E-state index contributed by atoms with van der Waals surface area (Å²) in [6, 6.07) is 10.6. The number of hydrogen-bond acceptors (Lipinski definition) is 2. The van der Waals surface area contributed by atoms with Crippen molar-refractivity contribution in [1.29, 1.82) is 0 Å². The minimum absolute atomic E-state index is 0.0282. The van der Waals surface area contributed by atoms with Crippen molar-refractivity contribution in [2.24, 2.45) is 0 Å². The van der Waals surface area contributed by atoms with Gasteiger partial charge in [0.05, 0.1) is 23.0 Å². The van der Waals surface area contributed by atoms with E-state index in [9.17, 15) is 18.0 Å². The molecular weight excluding hydrogens is 381 g/mol. The zero-order valence-corrected chi connectivity index (χ0v) is 15.6. The topological polar surface area (TPSA) is 69.8 Å². The predicted molar refractivity (Wildman–Crippen MR) is 105 cm³/mol. The third kappa shape index (κ3) is 4.36. The Bertz CT molecular complexity index is 997. The quantitative estimate of drug-likeness (QED) is 0.547. The average Bonchev–Trinajstić information content (AvgIpc) is 3.17. The molecule has 1 heterocycles. The fourth-order valence-corrected chi connectivity index (χ4v) is 3.99. The molecule has 2 atom stereocenters. The van der Waals surface area contributed by atoms with Gasteiger partial charge in [0.15, 0.2) is 0 Å². The summed E-state index contributed by atoms with van der Waals surface area (Å²) in [5, 5.41) is 13.5. The molecule has 0 radical (unpaired) electrons. The number of hydrogen-bond donors (Lipinski definition) is 3. The molecule has 0 aliphatic heterocycles. The third-order valence-corrected chi connectivity index (χ3v) is 5.45. The molecule has 0 unspecified atom stereocenters. The first-order chi connectivity index (χ1) is 13.9. The number of carbonyl (C=O) groups excluding carboxylic acids is 1. The number of nitrogens with one attached hydrogen (secondary N) is 3. The fraction of sp³-hybridized carbons (Fsp3) is 0.333. The number of alkyl halides is 3. The molecule has 29 heavy (non-hydrogen) atoms. The molecule has 1 saturated carbocycles. The Hall–Kier alpha value is -3.03. The highest BCUT2D eigenvalue weighted by Gasteiger charge is 2.31. The largest absolute Gasteiger partial charge is 0.416 e. The van der Waals surface area contributed by atoms with E-state index < -0.39 is 11.7 Å². The maximum atomic E-state index is 12.8. The van der Waals surface area contributed by atoms with Gasteiger partial charge in [-0.05, 0) is 55.0 Å². The number of urea groups is 1. The van der Waals surface area contributed by atoms with E-state index in [0.717, 1.165) is 47.9 Å². The number of fused-ring (bicyclic) bond motifs is 1. The van der Waals surface area contributed by atoms with Crippen LogP contribution in [0.25, 0.3) is 10.9 Å². The first-order valence-corrected chi connectivity index (χ1v) is 9.57. The summed E-state index contributed by atoms with van der Waals surface area (Å²) in [5.41, 5.74) is 1.75. The summed E-state index contributed by atoms with van der Waals surface area (Å²) >= 11 is 0. The molecule has 5 nitrogen and oxygen atoms in total. The van der Waals surface area contributed by atoms with Crippen LogP contribution in [0.4, 0.5) is 23.7 Å². The second kappa shape index (κ2) is 7.77. The van der Waals surface area contributed by atoms with Crippen LogP contribution in [0.3, 0.4) is 0 Å². The van der Waals surface area contributed by atoms with Crippen molar-refractivity contribution in [3.8, 4) is 0 Å². The van der Waals surface area contributed by atoms with E-state index >= 15 is 0 Å². The molecule has 2 aromatic carbocycles. The van der Waals surface area contributed by atoms with Gasteiger partial charge in [0.25, 0.3) is 0 Å². The number of anilines is 1. The van der Waals surface area contributed by atoms with Crippen LogP contribution < -0.4 is 10.6 Å². The van der Waals surface area contributed by atoms with Gasteiger partial charge in [-0.15, -0.1) is 0 Å². The summed E-state index contributed by atoms with van der Waals surface area (Å²) in [6.45, 7) is 0. The second-order valence-corrected chi connectivity index (χ2v) is 7.42. The standard InChI is InChI=1S/C21H21F3N4O/c22-21(23,24)15-9-7-13(8-10-15)14-3-1-4-16(11-14)26-20(29)27-18-5-2-6-19-17(18)12-25-28-19/h2,5-10,12,14,16H,1,3-4,11H2,(H,25,28)(H2,26,27,29)/t14-,16+/m1/s1. The average molecular weight is 402 g/mol. The van der Waals surface area contributed by atoms with Crippen molar-refractivity contribution in [1.82, 2.24) is 15.5 Å². The molecule has 3 aromatic rings. The lowest BCUT2D eigenvalue weighted by Crippen LogP contribution is -2.40. The minimum Gasteiger partial charge on any atom is -0.335 e. The van der Waals surface area contributed by atoms with Gasteiger partial charge in [0.2, 0.25) is 0 Å². The van der Waals surface area contributed by atoms with Gasteiger partial charge in [0, 0.05) is 11.4 Å². The molecule has 0 spiro atoms. The number of carbonyl (C=O) groups is 1. The van der Waals surface area contributed by atoms with Crippen LogP contribution in [0.2, 0.25) is 0 Å². The smallest absolute Gasteiger partial charge is 0.335 e. The van der Waals surface area contributed by atoms with E-state index in [1.165, 1.54) is 0 Å². The molecule has 1 aliphatic carbocycles. The predicted octanol–water partition coefficient (Wildman–Crippen LogP) is 5.43. The molecule has 0 bridgehead atoms. The maximum Gasteiger partial charge on any atom is 0.416 e. The molecule has 8 heteroatoms. The van der Waals surface area contributed by atoms with Crippen molar-refractivity contribution >= 4 is 22.6 Å². The first kappa shape index (κ1) is 19.3. The minimum atomic E-state index is -4.33. The zero-order chi connectivity index (χ0) is 20.4. The summed E-state index contributed by atoms with van der Waals surface area (Å²) in [5.74, 6) is 0.133. The number of amides is 2. The van der Waals surface area contributed by atoms with Crippen molar-refractivity contribution < 1.29 is 18.0 Å². The number of H-pyrrole nitrogens is 1. The summed E-state index contributed by atoms with van der Waals surface area (Å²) < 4.78 is 38.3. The number of halogens is 3. The fourth-order valence-electron chi connectivity index (χ4n) is 3.99. The Morgan fingerprint density at radius 1 is 1.10 bits per heavy atom. The van der Waals surface area contributed by atoms with Crippen LogP contribution in [-0.4, -0.2) is 22.3 Å². The molecule has 1 aliphatic rings.